The maximum Gasteiger partial charge on any atom is 0.276 e. The molecule has 5 aromatic rings. The summed E-state index contributed by atoms with van der Waals surface area (Å²) >= 11 is 1.59. The van der Waals surface area contributed by atoms with Crippen LogP contribution in [0.5, 0.6) is 0 Å². The number of pyridine rings is 2. The second kappa shape index (κ2) is 11.4. The zero-order valence-corrected chi connectivity index (χ0v) is 25.2. The number of hydrogen-bond donors (Lipinski definition) is 4. The Morgan fingerprint density at radius 3 is 2.55 bits per heavy atom. The average Bonchev–Trinajstić information content (AvgIpc) is 3.53. The summed E-state index contributed by atoms with van der Waals surface area (Å²) < 4.78 is 0.889. The Bertz CT molecular complexity index is 1900. The number of nitrogens with zero attached hydrogens (tertiary/aromatic N) is 4. The molecule has 222 valence electrons. The predicted molar refractivity (Wildman–Crippen MR) is 176 cm³/mol. The number of nitrogens with one attached hydrogen (secondary N) is 4. The van der Waals surface area contributed by atoms with Crippen LogP contribution in [0, 0.1) is 0 Å². The van der Waals surface area contributed by atoms with Gasteiger partial charge in [-0.15, -0.1) is 11.8 Å². The van der Waals surface area contributed by atoms with Crippen LogP contribution >= 0.6 is 11.8 Å². The first kappa shape index (κ1) is 28.1. The van der Waals surface area contributed by atoms with Gasteiger partial charge in [-0.25, -0.2) is 4.98 Å². The molecule has 0 saturated carbocycles. The van der Waals surface area contributed by atoms with Gasteiger partial charge in [0.15, 0.2) is 5.78 Å². The van der Waals surface area contributed by atoms with Crippen molar-refractivity contribution in [2.24, 2.45) is 0 Å². The van der Waals surface area contributed by atoms with E-state index >= 15 is 0 Å². The van der Waals surface area contributed by atoms with Crippen LogP contribution in [0.3, 0.4) is 0 Å². The Labute approximate surface area is 258 Å². The van der Waals surface area contributed by atoms with Crippen molar-refractivity contribution in [3.63, 3.8) is 0 Å². The summed E-state index contributed by atoms with van der Waals surface area (Å²) in [5, 5.41) is 14.0. The molecular formula is C33H32N8O2S. The molecule has 44 heavy (non-hydrogen) atoms. The Morgan fingerprint density at radius 2 is 1.77 bits per heavy atom. The number of anilines is 5. The fourth-order valence-corrected chi connectivity index (χ4v) is 7.20. The van der Waals surface area contributed by atoms with Gasteiger partial charge in [-0.1, -0.05) is 18.2 Å². The zero-order chi connectivity index (χ0) is 30.3. The predicted octanol–water partition coefficient (Wildman–Crippen LogP) is 5.76. The highest BCUT2D eigenvalue weighted by molar-refractivity contribution is 8.00. The minimum Gasteiger partial charge on any atom is -0.381 e. The number of Topliss-reactive ketones (excluding diaryl/α,β-unsaturated/α-hetero) is 1. The van der Waals surface area contributed by atoms with Crippen molar-refractivity contribution in [3.05, 3.63) is 101 Å². The van der Waals surface area contributed by atoms with Gasteiger partial charge in [-0.05, 0) is 75.3 Å². The maximum atomic E-state index is 14.3. The van der Waals surface area contributed by atoms with Gasteiger partial charge < -0.3 is 21.3 Å². The molecule has 0 radical (unpaired) electrons. The minimum absolute atomic E-state index is 0.125. The van der Waals surface area contributed by atoms with Crippen LogP contribution in [0.25, 0.3) is 11.0 Å². The highest BCUT2D eigenvalue weighted by Crippen LogP contribution is 2.48. The van der Waals surface area contributed by atoms with Crippen LogP contribution in [0.4, 0.5) is 28.7 Å². The van der Waals surface area contributed by atoms with Crippen molar-refractivity contribution in [1.82, 2.24) is 24.8 Å². The number of benzene rings is 2. The summed E-state index contributed by atoms with van der Waals surface area (Å²) in [7, 11) is 0. The second-order valence-electron chi connectivity index (χ2n) is 11.6. The molecular weight excluding hydrogens is 572 g/mol. The third-order valence-corrected chi connectivity index (χ3v) is 9.30. The molecule has 11 heteroatoms. The molecule has 3 aromatic heterocycles. The highest BCUT2D eigenvalue weighted by atomic mass is 32.2. The Kier molecular flexibility index (Phi) is 7.27. The van der Waals surface area contributed by atoms with Gasteiger partial charge >= 0.3 is 0 Å². The van der Waals surface area contributed by atoms with E-state index in [0.29, 0.717) is 40.0 Å². The van der Waals surface area contributed by atoms with Crippen LogP contribution in [0.2, 0.25) is 0 Å². The van der Waals surface area contributed by atoms with E-state index in [-0.39, 0.29) is 11.3 Å². The van der Waals surface area contributed by atoms with Crippen molar-refractivity contribution in [1.29, 1.82) is 0 Å². The largest absolute Gasteiger partial charge is 0.381 e. The summed E-state index contributed by atoms with van der Waals surface area (Å²) in [5.41, 5.74) is 3.44. The summed E-state index contributed by atoms with van der Waals surface area (Å²) in [5.74, 6) is 0.202. The summed E-state index contributed by atoms with van der Waals surface area (Å²) in [4.78, 5) is 42.9. The molecule has 2 aliphatic heterocycles. The van der Waals surface area contributed by atoms with E-state index in [2.05, 4.69) is 31.2 Å². The lowest BCUT2D eigenvalue weighted by Crippen LogP contribution is -2.44. The van der Waals surface area contributed by atoms with E-state index in [0.717, 1.165) is 35.8 Å². The first-order chi connectivity index (χ1) is 21.4. The molecule has 2 aromatic carbocycles. The van der Waals surface area contributed by atoms with Gasteiger partial charge in [-0.2, -0.15) is 4.98 Å². The number of carbonyl (C=O) groups excluding carboxylic acids is 1. The smallest absolute Gasteiger partial charge is 0.276 e. The van der Waals surface area contributed by atoms with Crippen molar-refractivity contribution in [2.45, 2.75) is 42.0 Å². The lowest BCUT2D eigenvalue weighted by molar-refractivity contribution is 0.0898. The first-order valence-corrected chi connectivity index (χ1v) is 15.4. The van der Waals surface area contributed by atoms with Crippen LogP contribution in [0.15, 0.2) is 95.0 Å². The lowest BCUT2D eigenvalue weighted by atomic mass is 9.92. The topological polar surface area (TPSA) is 126 Å². The molecule has 0 amide bonds. The number of carbonyl (C=O) groups is 1. The summed E-state index contributed by atoms with van der Waals surface area (Å²) in [6.45, 7) is 5.97. The van der Waals surface area contributed by atoms with Crippen molar-refractivity contribution >= 4 is 57.3 Å². The molecule has 7 rings (SSSR count). The van der Waals surface area contributed by atoms with Gasteiger partial charge in [0.1, 0.15) is 17.4 Å². The average molecular weight is 605 g/mol. The number of ketones is 1. The number of hydrogen-bond acceptors (Lipinski definition) is 10. The van der Waals surface area contributed by atoms with Gasteiger partial charge in [0, 0.05) is 56.9 Å². The Balaban J connectivity index is 1.30. The number of thioether (sulfide) groups is 1. The van der Waals surface area contributed by atoms with Gasteiger partial charge in [0.2, 0.25) is 5.95 Å². The molecule has 2 aliphatic rings. The number of rotatable bonds is 7. The third kappa shape index (κ3) is 5.40. The second-order valence-corrected chi connectivity index (χ2v) is 13.3. The Morgan fingerprint density at radius 1 is 0.955 bits per heavy atom. The molecule has 10 nitrogen and oxygen atoms in total. The molecule has 2 unspecified atom stereocenters. The monoisotopic (exact) mass is 604 g/mol. The van der Waals surface area contributed by atoms with E-state index in [1.165, 1.54) is 4.57 Å². The standard InChI is InChI=1S/C33H32N8O2S/c1-33(2)29(28(42)25-7-3-4-8-27(25)44-33)41-30-20(16-26(31(41)43)38-23-6-5-14-34-18-23)17-36-32(40-30)39-22-11-9-21(10-12-22)37-24-13-15-35-19-24/h3-12,14,16-18,24,29,35,37-38H,13,15,19H2,1-2H3,(H,36,39,40). The highest BCUT2D eigenvalue weighted by Gasteiger charge is 2.44. The SMILES string of the molecule is CC1(C)Sc2ccccc2C(=O)C1n1c(=O)c(Nc2cccnc2)cc2cnc(Nc3ccc(NC4CCNC4)cc3)nc21. The van der Waals surface area contributed by atoms with Crippen LogP contribution < -0.4 is 26.8 Å². The van der Waals surface area contributed by atoms with E-state index < -0.39 is 10.8 Å². The summed E-state index contributed by atoms with van der Waals surface area (Å²) in [6, 6.07) is 20.5. The third-order valence-electron chi connectivity index (χ3n) is 7.98. The normalized spacial score (nSPS) is 19.0. The molecule has 1 fully saturated rings. The van der Waals surface area contributed by atoms with Crippen molar-refractivity contribution in [2.75, 3.05) is 29.0 Å². The lowest BCUT2D eigenvalue weighted by Gasteiger charge is -2.39. The molecule has 2 atom stereocenters. The summed E-state index contributed by atoms with van der Waals surface area (Å²) in [6.07, 6.45) is 6.09. The fourth-order valence-electron chi connectivity index (χ4n) is 5.88. The Hall–Kier alpha value is -4.74. The van der Waals surface area contributed by atoms with Crippen molar-refractivity contribution in [3.8, 4) is 0 Å². The minimum atomic E-state index is -0.814. The van der Waals surface area contributed by atoms with E-state index in [4.69, 9.17) is 4.98 Å². The molecule has 0 spiro atoms. The van der Waals surface area contributed by atoms with E-state index in [1.54, 1.807) is 42.5 Å². The number of aromatic nitrogens is 4. The molecule has 4 N–H and O–H groups in total. The zero-order valence-electron chi connectivity index (χ0n) is 24.4. The van der Waals surface area contributed by atoms with Gasteiger partial charge in [-0.3, -0.25) is 19.1 Å². The van der Waals surface area contributed by atoms with Crippen molar-refractivity contribution < 1.29 is 4.79 Å². The first-order valence-electron chi connectivity index (χ1n) is 14.6. The van der Waals surface area contributed by atoms with E-state index in [9.17, 15) is 9.59 Å². The maximum absolute atomic E-state index is 14.3. The van der Waals surface area contributed by atoms with Crippen LogP contribution in [-0.4, -0.2) is 49.2 Å². The van der Waals surface area contributed by atoms with Gasteiger partial charge in [0.05, 0.1) is 11.9 Å². The van der Waals surface area contributed by atoms with Crippen LogP contribution in [0.1, 0.15) is 36.7 Å². The number of fused-ring (bicyclic) bond motifs is 2. The molecule has 0 bridgehead atoms. The quantitative estimate of drug-likeness (QED) is 0.182. The molecule has 5 heterocycles. The van der Waals surface area contributed by atoms with Gasteiger partial charge in [0.25, 0.3) is 5.56 Å². The van der Waals surface area contributed by atoms with Crippen LogP contribution in [-0.2, 0) is 0 Å². The fraction of sp³-hybridized carbons (Fsp3) is 0.242. The molecule has 0 aliphatic carbocycles. The van der Waals surface area contributed by atoms with E-state index in [1.807, 2.05) is 68.4 Å². The molecule has 1 saturated heterocycles.